The summed E-state index contributed by atoms with van der Waals surface area (Å²) in [6.45, 7) is 0.466. The number of ether oxygens (including phenoxy) is 1. The standard InChI is InChI=1S/C8H7Br2FO/c9-3-4-12-8-5-6(10)1-2-7(8)11/h1-2,5H,3-4H2. The zero-order valence-corrected chi connectivity index (χ0v) is 9.36. The number of alkyl halides is 1. The van der Waals surface area contributed by atoms with E-state index >= 15 is 0 Å². The molecule has 0 amide bonds. The van der Waals surface area contributed by atoms with Crippen LogP contribution in [0.4, 0.5) is 4.39 Å². The molecule has 1 nitrogen and oxygen atoms in total. The molecule has 0 aromatic heterocycles. The molecule has 0 heterocycles. The molecule has 0 unspecified atom stereocenters. The van der Waals surface area contributed by atoms with Crippen molar-refractivity contribution in [2.75, 3.05) is 11.9 Å². The maximum atomic E-state index is 12.9. The van der Waals surface area contributed by atoms with Crippen LogP contribution < -0.4 is 4.74 Å². The first-order chi connectivity index (χ1) is 5.74. The van der Waals surface area contributed by atoms with Gasteiger partial charge >= 0.3 is 0 Å². The molecule has 0 bridgehead atoms. The average molecular weight is 298 g/mol. The van der Waals surface area contributed by atoms with Crippen molar-refractivity contribution in [2.24, 2.45) is 0 Å². The lowest BCUT2D eigenvalue weighted by Crippen LogP contribution is -1.99. The molecule has 12 heavy (non-hydrogen) atoms. The van der Waals surface area contributed by atoms with Crippen LogP contribution in [0.15, 0.2) is 22.7 Å². The fourth-order valence-corrected chi connectivity index (χ4v) is 1.24. The quantitative estimate of drug-likeness (QED) is 0.778. The molecule has 1 aromatic carbocycles. The van der Waals surface area contributed by atoms with Crippen molar-refractivity contribution in [1.82, 2.24) is 0 Å². The molecular formula is C8H7Br2FO. The Hall–Kier alpha value is -0.0900. The highest BCUT2D eigenvalue weighted by Crippen LogP contribution is 2.21. The third-order valence-corrected chi connectivity index (χ3v) is 2.04. The number of hydrogen-bond acceptors (Lipinski definition) is 1. The molecule has 0 N–H and O–H groups in total. The Morgan fingerprint density at radius 2 is 2.17 bits per heavy atom. The molecule has 0 aliphatic rings. The van der Waals surface area contributed by atoms with Gasteiger partial charge in [-0.05, 0) is 18.2 Å². The van der Waals surface area contributed by atoms with Gasteiger partial charge in [-0.1, -0.05) is 31.9 Å². The summed E-state index contributed by atoms with van der Waals surface area (Å²) in [6, 6.07) is 4.61. The summed E-state index contributed by atoms with van der Waals surface area (Å²) in [7, 11) is 0. The van der Waals surface area contributed by atoms with E-state index in [9.17, 15) is 4.39 Å². The molecule has 0 saturated carbocycles. The molecule has 0 spiro atoms. The van der Waals surface area contributed by atoms with Gasteiger partial charge in [0, 0.05) is 9.80 Å². The highest BCUT2D eigenvalue weighted by atomic mass is 79.9. The zero-order valence-electron chi connectivity index (χ0n) is 6.19. The van der Waals surface area contributed by atoms with Gasteiger partial charge in [-0.2, -0.15) is 0 Å². The molecular weight excluding hydrogens is 291 g/mol. The second-order valence-corrected chi connectivity index (χ2v) is 3.82. The number of hydrogen-bond donors (Lipinski definition) is 0. The third-order valence-electron chi connectivity index (χ3n) is 1.23. The van der Waals surface area contributed by atoms with Crippen LogP contribution in [-0.4, -0.2) is 11.9 Å². The van der Waals surface area contributed by atoms with Crippen LogP contribution in [0.2, 0.25) is 0 Å². The van der Waals surface area contributed by atoms with Gasteiger partial charge in [-0.25, -0.2) is 4.39 Å². The first-order valence-corrected chi connectivity index (χ1v) is 5.29. The van der Waals surface area contributed by atoms with E-state index in [1.54, 1.807) is 12.1 Å². The molecule has 0 aliphatic heterocycles. The highest BCUT2D eigenvalue weighted by molar-refractivity contribution is 9.10. The van der Waals surface area contributed by atoms with Crippen molar-refractivity contribution in [2.45, 2.75) is 0 Å². The molecule has 66 valence electrons. The van der Waals surface area contributed by atoms with E-state index in [4.69, 9.17) is 4.74 Å². The molecule has 1 rings (SSSR count). The van der Waals surface area contributed by atoms with Crippen molar-refractivity contribution < 1.29 is 9.13 Å². The number of rotatable bonds is 3. The Bertz CT molecular complexity index is 265. The van der Waals surface area contributed by atoms with E-state index in [0.717, 1.165) is 4.47 Å². The van der Waals surface area contributed by atoms with Crippen LogP contribution in [0, 0.1) is 5.82 Å². The van der Waals surface area contributed by atoms with E-state index in [0.29, 0.717) is 11.9 Å². The lowest BCUT2D eigenvalue weighted by Gasteiger charge is -2.04. The Kier molecular flexibility index (Phi) is 4.01. The molecule has 0 aliphatic carbocycles. The summed E-state index contributed by atoms with van der Waals surface area (Å²) >= 11 is 6.42. The van der Waals surface area contributed by atoms with Crippen LogP contribution in [0.3, 0.4) is 0 Å². The Morgan fingerprint density at radius 3 is 2.83 bits per heavy atom. The summed E-state index contributed by atoms with van der Waals surface area (Å²) in [5.74, 6) is -0.0528. The molecule has 4 heteroatoms. The molecule has 0 atom stereocenters. The Labute approximate surface area is 87.2 Å². The predicted octanol–water partition coefficient (Wildman–Crippen LogP) is 3.36. The second kappa shape index (κ2) is 4.82. The van der Waals surface area contributed by atoms with Gasteiger partial charge < -0.3 is 4.74 Å². The predicted molar refractivity (Wildman–Crippen MR) is 53.4 cm³/mol. The van der Waals surface area contributed by atoms with E-state index in [-0.39, 0.29) is 11.6 Å². The minimum absolute atomic E-state index is 0.281. The van der Waals surface area contributed by atoms with Crippen molar-refractivity contribution in [3.8, 4) is 5.75 Å². The lowest BCUT2D eigenvalue weighted by molar-refractivity contribution is 0.325. The van der Waals surface area contributed by atoms with Crippen LogP contribution in [-0.2, 0) is 0 Å². The highest BCUT2D eigenvalue weighted by Gasteiger charge is 2.02. The second-order valence-electron chi connectivity index (χ2n) is 2.11. The first kappa shape index (κ1) is 9.99. The van der Waals surface area contributed by atoms with Gasteiger partial charge in [-0.15, -0.1) is 0 Å². The summed E-state index contributed by atoms with van der Waals surface area (Å²) in [5, 5.41) is 0.693. The maximum absolute atomic E-state index is 12.9. The van der Waals surface area contributed by atoms with Crippen molar-refractivity contribution >= 4 is 31.9 Å². The molecule has 1 aromatic rings. The topological polar surface area (TPSA) is 9.23 Å². The largest absolute Gasteiger partial charge is 0.490 e. The minimum atomic E-state index is -0.334. The lowest BCUT2D eigenvalue weighted by atomic mass is 10.3. The van der Waals surface area contributed by atoms with Gasteiger partial charge in [0.2, 0.25) is 0 Å². The third kappa shape index (κ3) is 2.75. The van der Waals surface area contributed by atoms with Crippen LogP contribution >= 0.6 is 31.9 Å². The Morgan fingerprint density at radius 1 is 1.42 bits per heavy atom. The molecule has 0 saturated heterocycles. The van der Waals surface area contributed by atoms with Crippen LogP contribution in [0.1, 0.15) is 0 Å². The van der Waals surface area contributed by atoms with Crippen molar-refractivity contribution in [3.05, 3.63) is 28.5 Å². The molecule has 0 fully saturated rings. The smallest absolute Gasteiger partial charge is 0.165 e. The maximum Gasteiger partial charge on any atom is 0.165 e. The monoisotopic (exact) mass is 296 g/mol. The first-order valence-electron chi connectivity index (χ1n) is 3.38. The van der Waals surface area contributed by atoms with Crippen LogP contribution in [0.5, 0.6) is 5.75 Å². The van der Waals surface area contributed by atoms with Crippen molar-refractivity contribution in [3.63, 3.8) is 0 Å². The SMILES string of the molecule is Fc1ccc(Br)cc1OCCBr. The number of benzene rings is 1. The van der Waals surface area contributed by atoms with Gasteiger partial charge in [0.15, 0.2) is 11.6 Å². The number of halogens is 3. The van der Waals surface area contributed by atoms with E-state index in [2.05, 4.69) is 31.9 Å². The van der Waals surface area contributed by atoms with E-state index < -0.39 is 0 Å². The minimum Gasteiger partial charge on any atom is -0.490 e. The fraction of sp³-hybridized carbons (Fsp3) is 0.250. The van der Waals surface area contributed by atoms with Gasteiger partial charge in [0.1, 0.15) is 0 Å². The fourth-order valence-electron chi connectivity index (χ4n) is 0.736. The van der Waals surface area contributed by atoms with Gasteiger partial charge in [-0.3, -0.25) is 0 Å². The normalized spacial score (nSPS) is 9.92. The van der Waals surface area contributed by atoms with Crippen LogP contribution in [0.25, 0.3) is 0 Å². The average Bonchev–Trinajstić information content (AvgIpc) is 2.07. The zero-order chi connectivity index (χ0) is 8.97. The summed E-state index contributed by atoms with van der Waals surface area (Å²) < 4.78 is 18.9. The summed E-state index contributed by atoms with van der Waals surface area (Å²) in [6.07, 6.45) is 0. The summed E-state index contributed by atoms with van der Waals surface area (Å²) in [5.41, 5.74) is 0. The summed E-state index contributed by atoms with van der Waals surface area (Å²) in [4.78, 5) is 0. The molecule has 0 radical (unpaired) electrons. The van der Waals surface area contributed by atoms with E-state index in [1.165, 1.54) is 6.07 Å². The van der Waals surface area contributed by atoms with Crippen molar-refractivity contribution in [1.29, 1.82) is 0 Å². The van der Waals surface area contributed by atoms with E-state index in [1.807, 2.05) is 0 Å². The Balaban J connectivity index is 2.75. The van der Waals surface area contributed by atoms with Gasteiger partial charge in [0.25, 0.3) is 0 Å². The van der Waals surface area contributed by atoms with Gasteiger partial charge in [0.05, 0.1) is 6.61 Å².